The predicted octanol–water partition coefficient (Wildman–Crippen LogP) is 0.508. The Morgan fingerprint density at radius 3 is 3.06 bits per heavy atom. The molecule has 0 aliphatic rings. The Morgan fingerprint density at radius 1 is 1.69 bits per heavy atom. The first-order valence-corrected chi connectivity index (χ1v) is 4.88. The lowest BCUT2D eigenvalue weighted by Crippen LogP contribution is -2.10. The third-order valence-corrected chi connectivity index (χ3v) is 2.33. The lowest BCUT2D eigenvalue weighted by Gasteiger charge is -1.98. The van der Waals surface area contributed by atoms with Crippen LogP contribution in [-0.4, -0.2) is 27.2 Å². The summed E-state index contributed by atoms with van der Waals surface area (Å²) < 4.78 is 6.26. The number of aromatic amines is 1. The highest BCUT2D eigenvalue weighted by Gasteiger charge is 2.17. The van der Waals surface area contributed by atoms with Crippen LogP contribution in [0.2, 0.25) is 0 Å². The fourth-order valence-corrected chi connectivity index (χ4v) is 1.58. The third-order valence-electron chi connectivity index (χ3n) is 2.33. The standard InChI is InChI=1S/C10H11N3O3/c1-3-16-10(15)7-4-13-8(6(7)2)9(14)11-5-12-13/h4-5H,3H2,1-2H3,(H,11,12,14)/i5+2. The van der Waals surface area contributed by atoms with Gasteiger partial charge in [-0.05, 0) is 19.4 Å². The van der Waals surface area contributed by atoms with Gasteiger partial charge in [0.15, 0.2) is 0 Å². The fourth-order valence-electron chi connectivity index (χ4n) is 1.58. The van der Waals surface area contributed by atoms with E-state index in [0.29, 0.717) is 23.3 Å². The minimum absolute atomic E-state index is 0.275. The molecule has 0 aromatic carbocycles. The number of carbonyl (C=O) groups excluding carboxylic acids is 1. The average Bonchev–Trinajstić information content (AvgIpc) is 2.58. The van der Waals surface area contributed by atoms with Gasteiger partial charge in [0.25, 0.3) is 5.56 Å². The molecule has 0 amide bonds. The van der Waals surface area contributed by atoms with Gasteiger partial charge in [0.2, 0.25) is 0 Å². The molecule has 0 aliphatic carbocycles. The van der Waals surface area contributed by atoms with E-state index in [1.807, 2.05) is 0 Å². The van der Waals surface area contributed by atoms with Gasteiger partial charge in [0.05, 0.1) is 12.2 Å². The zero-order valence-electron chi connectivity index (χ0n) is 8.98. The van der Waals surface area contributed by atoms with Crippen molar-refractivity contribution in [2.75, 3.05) is 6.61 Å². The van der Waals surface area contributed by atoms with E-state index in [2.05, 4.69) is 10.1 Å². The smallest absolute Gasteiger partial charge is 0.340 e. The van der Waals surface area contributed by atoms with Crippen LogP contribution in [0, 0.1) is 6.92 Å². The molecule has 2 rings (SSSR count). The number of H-pyrrole nitrogens is 1. The molecule has 2 aromatic heterocycles. The zero-order valence-corrected chi connectivity index (χ0v) is 8.98. The van der Waals surface area contributed by atoms with E-state index >= 15 is 0 Å². The van der Waals surface area contributed by atoms with E-state index < -0.39 is 5.97 Å². The number of aryl methyl sites for hydroxylation is 1. The van der Waals surface area contributed by atoms with Crippen LogP contribution in [0.1, 0.15) is 22.8 Å². The highest BCUT2D eigenvalue weighted by molar-refractivity contribution is 5.93. The molecule has 0 radical (unpaired) electrons. The minimum Gasteiger partial charge on any atom is -0.462 e. The fraction of sp³-hybridized carbons (Fsp3) is 0.300. The topological polar surface area (TPSA) is 76.5 Å². The van der Waals surface area contributed by atoms with Crippen molar-refractivity contribution >= 4 is 11.5 Å². The highest BCUT2D eigenvalue weighted by atomic mass is 16.5. The van der Waals surface area contributed by atoms with Gasteiger partial charge in [-0.3, -0.25) is 4.79 Å². The number of nitrogens with zero attached hydrogens (tertiary/aromatic N) is 2. The van der Waals surface area contributed by atoms with Crippen molar-refractivity contribution in [2.24, 2.45) is 0 Å². The summed E-state index contributed by atoms with van der Waals surface area (Å²) in [7, 11) is 0. The van der Waals surface area contributed by atoms with Gasteiger partial charge in [-0.25, -0.2) is 9.31 Å². The zero-order chi connectivity index (χ0) is 11.7. The van der Waals surface area contributed by atoms with Crippen molar-refractivity contribution < 1.29 is 9.53 Å². The van der Waals surface area contributed by atoms with E-state index in [4.69, 9.17) is 4.74 Å². The maximum atomic E-state index is 11.6. The van der Waals surface area contributed by atoms with E-state index in [-0.39, 0.29) is 5.56 Å². The van der Waals surface area contributed by atoms with Crippen LogP contribution in [0.15, 0.2) is 17.3 Å². The molecule has 6 nitrogen and oxygen atoms in total. The van der Waals surface area contributed by atoms with E-state index in [9.17, 15) is 9.59 Å². The van der Waals surface area contributed by atoms with Crippen LogP contribution in [0.25, 0.3) is 5.52 Å². The normalized spacial score (nSPS) is 10.6. The largest absolute Gasteiger partial charge is 0.462 e. The number of esters is 1. The first-order chi connectivity index (χ1) is 7.65. The molecule has 0 aliphatic heterocycles. The van der Waals surface area contributed by atoms with Gasteiger partial charge in [-0.2, -0.15) is 5.10 Å². The van der Waals surface area contributed by atoms with Gasteiger partial charge in [-0.15, -0.1) is 0 Å². The van der Waals surface area contributed by atoms with Gasteiger partial charge < -0.3 is 9.72 Å². The maximum Gasteiger partial charge on any atom is 0.340 e. The Labute approximate surface area is 90.9 Å². The molecule has 0 saturated carbocycles. The van der Waals surface area contributed by atoms with Crippen molar-refractivity contribution in [1.29, 1.82) is 0 Å². The second-order valence-corrected chi connectivity index (χ2v) is 3.30. The second kappa shape index (κ2) is 3.80. The molecule has 6 heteroatoms. The molecular weight excluding hydrogens is 212 g/mol. The molecule has 0 spiro atoms. The van der Waals surface area contributed by atoms with Crippen LogP contribution in [0.3, 0.4) is 0 Å². The number of hydrogen-bond acceptors (Lipinski definition) is 4. The molecule has 0 bridgehead atoms. The Hall–Kier alpha value is -2.11. The molecule has 84 valence electrons. The van der Waals surface area contributed by atoms with Crippen molar-refractivity contribution in [1.82, 2.24) is 14.6 Å². The van der Waals surface area contributed by atoms with Crippen molar-refractivity contribution in [2.45, 2.75) is 13.8 Å². The van der Waals surface area contributed by atoms with Gasteiger partial charge in [0, 0.05) is 6.20 Å². The number of hydrogen-bond donors (Lipinski definition) is 1. The Balaban J connectivity index is 2.65. The van der Waals surface area contributed by atoms with Gasteiger partial charge >= 0.3 is 5.97 Å². The molecule has 2 aromatic rings. The number of rotatable bonds is 2. The summed E-state index contributed by atoms with van der Waals surface area (Å²) in [5.41, 5.74) is 1.03. The Kier molecular flexibility index (Phi) is 2.47. The first kappa shape index (κ1) is 10.4. The van der Waals surface area contributed by atoms with Gasteiger partial charge in [0.1, 0.15) is 11.8 Å². The maximum absolute atomic E-state index is 11.6. The van der Waals surface area contributed by atoms with Crippen LogP contribution in [0.5, 0.6) is 0 Å². The van der Waals surface area contributed by atoms with Crippen LogP contribution in [-0.2, 0) is 4.74 Å². The number of carbonyl (C=O) groups is 1. The summed E-state index contributed by atoms with van der Waals surface area (Å²) in [6.45, 7) is 3.72. The number of ether oxygens (including phenoxy) is 1. The van der Waals surface area contributed by atoms with E-state index in [1.165, 1.54) is 17.0 Å². The monoisotopic (exact) mass is 223 g/mol. The van der Waals surface area contributed by atoms with E-state index in [1.54, 1.807) is 13.8 Å². The van der Waals surface area contributed by atoms with Crippen molar-refractivity contribution in [3.8, 4) is 0 Å². The van der Waals surface area contributed by atoms with Crippen LogP contribution < -0.4 is 5.56 Å². The average molecular weight is 223 g/mol. The minimum atomic E-state index is -0.440. The molecule has 16 heavy (non-hydrogen) atoms. The summed E-state index contributed by atoms with van der Waals surface area (Å²) >= 11 is 0. The first-order valence-electron chi connectivity index (χ1n) is 4.88. The molecule has 0 unspecified atom stereocenters. The lowest BCUT2D eigenvalue weighted by atomic mass is 10.2. The quantitative estimate of drug-likeness (QED) is 0.752. The summed E-state index contributed by atoms with van der Waals surface area (Å²) in [5.74, 6) is -0.440. The summed E-state index contributed by atoms with van der Waals surface area (Å²) in [6.07, 6.45) is 2.78. The van der Waals surface area contributed by atoms with Crippen molar-refractivity contribution in [3.63, 3.8) is 0 Å². The Bertz CT molecular complexity index is 597. The molecule has 0 atom stereocenters. The summed E-state index contributed by atoms with van der Waals surface area (Å²) in [4.78, 5) is 25.6. The van der Waals surface area contributed by atoms with Crippen LogP contribution in [0.4, 0.5) is 0 Å². The molecule has 2 heterocycles. The third kappa shape index (κ3) is 1.48. The Morgan fingerprint density at radius 2 is 2.44 bits per heavy atom. The number of fused-ring (bicyclic) bond motifs is 1. The highest BCUT2D eigenvalue weighted by Crippen LogP contribution is 2.14. The summed E-state index contributed by atoms with van der Waals surface area (Å²) in [5, 5.41) is 3.92. The SMILES string of the molecule is CCOC(=O)c1cn2n[14cH][nH]c(=O)c2c1C. The van der Waals surface area contributed by atoms with Crippen molar-refractivity contribution in [3.05, 3.63) is 34.0 Å². The molecule has 0 fully saturated rings. The molecule has 1 N–H and O–H groups in total. The summed E-state index contributed by atoms with van der Waals surface area (Å²) in [6, 6.07) is 0. The molecular formula is C10H11N3O3. The van der Waals surface area contributed by atoms with E-state index in [0.717, 1.165) is 0 Å². The lowest BCUT2D eigenvalue weighted by molar-refractivity contribution is 0.0525. The predicted molar refractivity (Wildman–Crippen MR) is 56.5 cm³/mol. The second-order valence-electron chi connectivity index (χ2n) is 3.30. The molecule has 0 saturated heterocycles. The van der Waals surface area contributed by atoms with Crippen LogP contribution >= 0.6 is 0 Å². The van der Waals surface area contributed by atoms with Gasteiger partial charge in [-0.1, -0.05) is 0 Å². The number of nitrogens with one attached hydrogen (secondary N) is 1. The number of aromatic nitrogens is 3.